The first-order chi connectivity index (χ1) is 12.6. The Morgan fingerprint density at radius 1 is 0.962 bits per heavy atom. The Morgan fingerprint density at radius 3 is 2.54 bits per heavy atom. The molecule has 0 saturated carbocycles. The van der Waals surface area contributed by atoms with Crippen molar-refractivity contribution in [3.63, 3.8) is 0 Å². The molecule has 1 amide bonds. The summed E-state index contributed by atoms with van der Waals surface area (Å²) in [6, 6.07) is 17.2. The quantitative estimate of drug-likeness (QED) is 0.418. The van der Waals surface area contributed by atoms with Gasteiger partial charge in [-0.1, -0.05) is 59.6 Å². The molecule has 3 aromatic carbocycles. The molecule has 0 spiro atoms. The number of nitrogens with one attached hydrogen (secondary N) is 1. The second kappa shape index (κ2) is 6.80. The zero-order valence-corrected chi connectivity index (χ0v) is 16.0. The van der Waals surface area contributed by atoms with E-state index >= 15 is 0 Å². The van der Waals surface area contributed by atoms with Crippen LogP contribution in [0.1, 0.15) is 9.67 Å². The van der Waals surface area contributed by atoms with Gasteiger partial charge in [-0.15, -0.1) is 11.3 Å². The van der Waals surface area contributed by atoms with Crippen molar-refractivity contribution in [2.45, 2.75) is 0 Å². The molecule has 6 heteroatoms. The molecule has 0 aliphatic heterocycles. The van der Waals surface area contributed by atoms with E-state index in [1.54, 1.807) is 13.2 Å². The molecule has 0 bridgehead atoms. The van der Waals surface area contributed by atoms with Crippen molar-refractivity contribution < 1.29 is 9.53 Å². The van der Waals surface area contributed by atoms with Gasteiger partial charge in [-0.3, -0.25) is 4.79 Å². The summed E-state index contributed by atoms with van der Waals surface area (Å²) in [5.74, 6) is 0.292. The summed E-state index contributed by atoms with van der Waals surface area (Å²) >= 11 is 14.1. The number of thiophene rings is 1. The molecule has 0 aliphatic carbocycles. The van der Waals surface area contributed by atoms with Crippen LogP contribution < -0.4 is 10.1 Å². The third-order valence-electron chi connectivity index (χ3n) is 4.17. The zero-order valence-electron chi connectivity index (χ0n) is 13.7. The van der Waals surface area contributed by atoms with Crippen LogP contribution in [0.5, 0.6) is 5.75 Å². The monoisotopic (exact) mass is 401 g/mol. The van der Waals surface area contributed by atoms with Crippen molar-refractivity contribution in [3.8, 4) is 5.75 Å². The summed E-state index contributed by atoms with van der Waals surface area (Å²) in [5, 5.41) is 6.59. The Bertz CT molecular complexity index is 1150. The van der Waals surface area contributed by atoms with E-state index in [1.807, 2.05) is 48.5 Å². The predicted molar refractivity (Wildman–Crippen MR) is 110 cm³/mol. The highest BCUT2D eigenvalue weighted by molar-refractivity contribution is 7.22. The average Bonchev–Trinajstić information content (AvgIpc) is 3.00. The van der Waals surface area contributed by atoms with Crippen LogP contribution in [-0.2, 0) is 0 Å². The molecule has 0 radical (unpaired) electrons. The van der Waals surface area contributed by atoms with Gasteiger partial charge in [0.25, 0.3) is 5.91 Å². The molecule has 26 heavy (non-hydrogen) atoms. The minimum absolute atomic E-state index is 0.261. The lowest BCUT2D eigenvalue weighted by molar-refractivity contribution is 0.103. The maximum Gasteiger partial charge on any atom is 0.267 e. The van der Waals surface area contributed by atoms with Gasteiger partial charge in [-0.2, -0.15) is 0 Å². The lowest BCUT2D eigenvalue weighted by Gasteiger charge is -2.08. The fourth-order valence-electron chi connectivity index (χ4n) is 2.90. The number of rotatable bonds is 3. The fourth-order valence-corrected chi connectivity index (χ4v) is 4.69. The van der Waals surface area contributed by atoms with Crippen LogP contribution in [-0.4, -0.2) is 13.0 Å². The standard InChI is InChI=1S/C20H13Cl2NO2S/c1-25-15-10-9-13-16(21)19(26-18(13)17(15)22)20(24)23-14-8-4-6-11-5-2-3-7-12(11)14/h2-10H,1H3,(H,23,24). The highest BCUT2D eigenvalue weighted by Gasteiger charge is 2.20. The number of methoxy groups -OCH3 is 1. The number of hydrogen-bond acceptors (Lipinski definition) is 3. The first kappa shape index (κ1) is 17.2. The van der Waals surface area contributed by atoms with Gasteiger partial charge in [0.05, 0.1) is 16.8 Å². The van der Waals surface area contributed by atoms with E-state index in [2.05, 4.69) is 5.32 Å². The van der Waals surface area contributed by atoms with E-state index in [0.717, 1.165) is 26.5 Å². The maximum absolute atomic E-state index is 12.9. The third kappa shape index (κ3) is 2.80. The molecule has 1 aromatic heterocycles. The van der Waals surface area contributed by atoms with Gasteiger partial charge in [0.1, 0.15) is 15.6 Å². The molecule has 1 heterocycles. The highest BCUT2D eigenvalue weighted by Crippen LogP contribution is 2.43. The molecule has 0 aliphatic rings. The molecule has 4 rings (SSSR count). The number of carbonyl (C=O) groups excluding carboxylic acids is 1. The van der Waals surface area contributed by atoms with E-state index in [1.165, 1.54) is 11.3 Å². The summed E-state index contributed by atoms with van der Waals surface area (Å²) in [6.45, 7) is 0. The number of fused-ring (bicyclic) bond motifs is 2. The summed E-state index contributed by atoms with van der Waals surface area (Å²) in [7, 11) is 1.55. The Morgan fingerprint density at radius 2 is 1.73 bits per heavy atom. The summed E-state index contributed by atoms with van der Waals surface area (Å²) in [6.07, 6.45) is 0. The third-order valence-corrected chi connectivity index (χ3v) is 6.38. The van der Waals surface area contributed by atoms with Crippen LogP contribution in [0.3, 0.4) is 0 Å². The number of benzene rings is 3. The van der Waals surface area contributed by atoms with Gasteiger partial charge in [0.2, 0.25) is 0 Å². The number of anilines is 1. The van der Waals surface area contributed by atoms with Crippen molar-refractivity contribution in [2.24, 2.45) is 0 Å². The number of hydrogen-bond donors (Lipinski definition) is 1. The van der Waals surface area contributed by atoms with E-state index in [4.69, 9.17) is 27.9 Å². The summed E-state index contributed by atoms with van der Waals surface area (Å²) < 4.78 is 5.97. The lowest BCUT2D eigenvalue weighted by atomic mass is 10.1. The smallest absolute Gasteiger partial charge is 0.267 e. The molecular weight excluding hydrogens is 389 g/mol. The van der Waals surface area contributed by atoms with E-state index in [0.29, 0.717) is 20.7 Å². The van der Waals surface area contributed by atoms with Gasteiger partial charge in [0, 0.05) is 16.5 Å². The second-order valence-corrected chi connectivity index (χ2v) is 7.46. The summed E-state index contributed by atoms with van der Waals surface area (Å²) in [5.41, 5.74) is 0.741. The number of halogens is 2. The van der Waals surface area contributed by atoms with Gasteiger partial charge < -0.3 is 10.1 Å². The first-order valence-electron chi connectivity index (χ1n) is 7.83. The van der Waals surface area contributed by atoms with Crippen molar-refractivity contribution in [2.75, 3.05) is 12.4 Å². The van der Waals surface area contributed by atoms with Crippen molar-refractivity contribution >= 4 is 67.0 Å². The van der Waals surface area contributed by atoms with Crippen molar-refractivity contribution in [1.82, 2.24) is 0 Å². The first-order valence-corrected chi connectivity index (χ1v) is 9.41. The van der Waals surface area contributed by atoms with Crippen LogP contribution in [0.15, 0.2) is 54.6 Å². The largest absolute Gasteiger partial charge is 0.495 e. The number of amides is 1. The predicted octanol–water partition coefficient (Wildman–Crippen LogP) is 6.62. The van der Waals surface area contributed by atoms with Crippen LogP contribution in [0.25, 0.3) is 20.9 Å². The number of carbonyl (C=O) groups is 1. The minimum atomic E-state index is -0.261. The fraction of sp³-hybridized carbons (Fsp3) is 0.0500. The van der Waals surface area contributed by atoms with Gasteiger partial charge in [0.15, 0.2) is 0 Å². The van der Waals surface area contributed by atoms with Crippen LogP contribution >= 0.6 is 34.5 Å². The Balaban J connectivity index is 1.77. The molecular formula is C20H13Cl2NO2S. The van der Waals surface area contributed by atoms with E-state index < -0.39 is 0 Å². The van der Waals surface area contributed by atoms with Crippen LogP contribution in [0.2, 0.25) is 10.0 Å². The van der Waals surface area contributed by atoms with Crippen molar-refractivity contribution in [1.29, 1.82) is 0 Å². The lowest BCUT2D eigenvalue weighted by Crippen LogP contribution is -2.10. The average molecular weight is 402 g/mol. The second-order valence-electron chi connectivity index (χ2n) is 5.68. The molecule has 3 nitrogen and oxygen atoms in total. The maximum atomic E-state index is 12.9. The zero-order chi connectivity index (χ0) is 18.3. The normalized spacial score (nSPS) is 11.0. The topological polar surface area (TPSA) is 38.3 Å². The Kier molecular flexibility index (Phi) is 4.49. The molecule has 0 fully saturated rings. The van der Waals surface area contributed by atoms with Gasteiger partial charge in [-0.25, -0.2) is 0 Å². The molecule has 0 saturated heterocycles. The Labute approximate surface area is 164 Å². The number of ether oxygens (including phenoxy) is 1. The highest BCUT2D eigenvalue weighted by atomic mass is 35.5. The van der Waals surface area contributed by atoms with E-state index in [9.17, 15) is 4.79 Å². The van der Waals surface area contributed by atoms with Gasteiger partial charge >= 0.3 is 0 Å². The molecule has 1 N–H and O–H groups in total. The molecule has 0 unspecified atom stereocenters. The molecule has 0 atom stereocenters. The van der Waals surface area contributed by atoms with Gasteiger partial charge in [-0.05, 0) is 23.6 Å². The van der Waals surface area contributed by atoms with Crippen LogP contribution in [0, 0.1) is 0 Å². The summed E-state index contributed by atoms with van der Waals surface area (Å²) in [4.78, 5) is 13.3. The van der Waals surface area contributed by atoms with E-state index in [-0.39, 0.29) is 5.91 Å². The molecule has 4 aromatic rings. The minimum Gasteiger partial charge on any atom is -0.495 e. The van der Waals surface area contributed by atoms with Crippen LogP contribution in [0.4, 0.5) is 5.69 Å². The Hall–Kier alpha value is -2.27. The van der Waals surface area contributed by atoms with Crippen molar-refractivity contribution in [3.05, 3.63) is 69.5 Å². The SMILES string of the molecule is COc1ccc2c(Cl)c(C(=O)Nc3cccc4ccccc34)sc2c1Cl. The molecule has 130 valence electrons.